The molecule has 2 aromatic rings. The highest BCUT2D eigenvalue weighted by Crippen LogP contribution is 2.26. The minimum absolute atomic E-state index is 0.0751. The zero-order valence-corrected chi connectivity index (χ0v) is 12.7. The van der Waals surface area contributed by atoms with E-state index < -0.39 is 5.54 Å². The van der Waals surface area contributed by atoms with E-state index in [1.807, 2.05) is 25.1 Å². The number of aromatic nitrogens is 1. The van der Waals surface area contributed by atoms with Crippen LogP contribution in [-0.4, -0.2) is 30.0 Å². The molecule has 0 aliphatic carbocycles. The summed E-state index contributed by atoms with van der Waals surface area (Å²) in [6, 6.07) is 12.5. The zero-order valence-electron chi connectivity index (χ0n) is 12.7. The standard InChI is InChI=1S/C17H17N3O3/c1-17(11-23-10-15(21)20-17)12-5-4-6-13(9-12)19-16(22)14-7-2-3-8-18-14/h2-9H,10-11H2,1H3,(H,19,22)(H,20,21). The minimum Gasteiger partial charge on any atom is -0.369 e. The molecule has 1 aliphatic rings. The first-order valence-electron chi connectivity index (χ1n) is 7.28. The molecule has 1 unspecified atom stereocenters. The Morgan fingerprint density at radius 1 is 1.30 bits per heavy atom. The molecule has 1 saturated heterocycles. The van der Waals surface area contributed by atoms with Gasteiger partial charge in [-0.05, 0) is 36.8 Å². The van der Waals surface area contributed by atoms with Crippen molar-refractivity contribution in [3.05, 3.63) is 59.9 Å². The van der Waals surface area contributed by atoms with Gasteiger partial charge in [-0.2, -0.15) is 0 Å². The molecule has 1 aromatic heterocycles. The van der Waals surface area contributed by atoms with Gasteiger partial charge in [0.15, 0.2) is 0 Å². The van der Waals surface area contributed by atoms with Crippen LogP contribution in [-0.2, 0) is 15.1 Å². The molecule has 0 bridgehead atoms. The van der Waals surface area contributed by atoms with Crippen LogP contribution < -0.4 is 10.6 Å². The third-order valence-corrected chi connectivity index (χ3v) is 3.69. The second kappa shape index (κ2) is 6.18. The Morgan fingerprint density at radius 2 is 2.17 bits per heavy atom. The fraction of sp³-hybridized carbons (Fsp3) is 0.235. The lowest BCUT2D eigenvalue weighted by Crippen LogP contribution is -2.52. The first kappa shape index (κ1) is 15.2. The number of hydrogen-bond donors (Lipinski definition) is 2. The van der Waals surface area contributed by atoms with Gasteiger partial charge in [0.25, 0.3) is 5.91 Å². The predicted molar refractivity (Wildman–Crippen MR) is 84.9 cm³/mol. The summed E-state index contributed by atoms with van der Waals surface area (Å²) < 4.78 is 5.33. The number of nitrogens with zero attached hydrogens (tertiary/aromatic N) is 1. The average Bonchev–Trinajstić information content (AvgIpc) is 2.56. The third kappa shape index (κ3) is 3.37. The number of amides is 2. The number of anilines is 1. The number of morpholine rings is 1. The molecular formula is C17H17N3O3. The Kier molecular flexibility index (Phi) is 4.08. The number of hydrogen-bond acceptors (Lipinski definition) is 4. The fourth-order valence-corrected chi connectivity index (χ4v) is 2.52. The van der Waals surface area contributed by atoms with Crippen molar-refractivity contribution in [1.29, 1.82) is 0 Å². The van der Waals surface area contributed by atoms with E-state index in [9.17, 15) is 9.59 Å². The van der Waals surface area contributed by atoms with E-state index in [0.29, 0.717) is 18.0 Å². The Labute approximate surface area is 133 Å². The molecule has 0 radical (unpaired) electrons. The monoisotopic (exact) mass is 311 g/mol. The molecule has 0 spiro atoms. The van der Waals surface area contributed by atoms with Crippen molar-refractivity contribution in [2.24, 2.45) is 0 Å². The highest BCUT2D eigenvalue weighted by Gasteiger charge is 2.33. The number of nitrogens with one attached hydrogen (secondary N) is 2. The van der Waals surface area contributed by atoms with E-state index in [4.69, 9.17) is 4.74 Å². The van der Waals surface area contributed by atoms with Crippen molar-refractivity contribution in [3.8, 4) is 0 Å². The normalized spacial score (nSPS) is 20.7. The Hall–Kier alpha value is -2.73. The number of rotatable bonds is 3. The Morgan fingerprint density at radius 3 is 2.91 bits per heavy atom. The molecule has 1 atom stereocenters. The summed E-state index contributed by atoms with van der Waals surface area (Å²) in [7, 11) is 0. The lowest BCUT2D eigenvalue weighted by Gasteiger charge is -2.35. The maximum Gasteiger partial charge on any atom is 0.274 e. The molecule has 1 aromatic carbocycles. The van der Waals surface area contributed by atoms with Crippen LogP contribution in [0.15, 0.2) is 48.7 Å². The molecular weight excluding hydrogens is 294 g/mol. The summed E-state index contributed by atoms with van der Waals surface area (Å²) >= 11 is 0. The van der Waals surface area contributed by atoms with Crippen molar-refractivity contribution >= 4 is 17.5 Å². The average molecular weight is 311 g/mol. The largest absolute Gasteiger partial charge is 0.369 e. The highest BCUT2D eigenvalue weighted by molar-refractivity contribution is 6.02. The van der Waals surface area contributed by atoms with Gasteiger partial charge in [-0.1, -0.05) is 18.2 Å². The summed E-state index contributed by atoms with van der Waals surface area (Å²) in [4.78, 5) is 27.8. The van der Waals surface area contributed by atoms with Crippen molar-refractivity contribution < 1.29 is 14.3 Å². The Bertz CT molecular complexity index is 733. The highest BCUT2D eigenvalue weighted by atomic mass is 16.5. The first-order valence-corrected chi connectivity index (χ1v) is 7.28. The van der Waals surface area contributed by atoms with Crippen molar-refractivity contribution in [2.45, 2.75) is 12.5 Å². The zero-order chi connectivity index (χ0) is 16.3. The van der Waals surface area contributed by atoms with Crippen LogP contribution in [0.4, 0.5) is 5.69 Å². The van der Waals surface area contributed by atoms with Crippen LogP contribution in [0.25, 0.3) is 0 Å². The summed E-state index contributed by atoms with van der Waals surface area (Å²) in [5, 5.41) is 5.74. The lowest BCUT2D eigenvalue weighted by molar-refractivity contribution is -0.135. The van der Waals surface area contributed by atoms with Gasteiger partial charge in [0.05, 0.1) is 12.1 Å². The van der Waals surface area contributed by atoms with Crippen LogP contribution in [0.5, 0.6) is 0 Å². The number of ether oxygens (including phenoxy) is 1. The summed E-state index contributed by atoms with van der Waals surface area (Å²) in [6.45, 7) is 2.35. The number of carbonyl (C=O) groups is 2. The first-order chi connectivity index (χ1) is 11.1. The van der Waals surface area contributed by atoms with E-state index in [0.717, 1.165) is 5.56 Å². The quantitative estimate of drug-likeness (QED) is 0.904. The van der Waals surface area contributed by atoms with E-state index in [-0.39, 0.29) is 18.4 Å². The van der Waals surface area contributed by atoms with Gasteiger partial charge >= 0.3 is 0 Å². The molecule has 6 nitrogen and oxygen atoms in total. The van der Waals surface area contributed by atoms with Gasteiger partial charge in [-0.15, -0.1) is 0 Å². The van der Waals surface area contributed by atoms with Gasteiger partial charge in [-0.3, -0.25) is 14.6 Å². The smallest absolute Gasteiger partial charge is 0.274 e. The van der Waals surface area contributed by atoms with E-state index >= 15 is 0 Å². The molecule has 23 heavy (non-hydrogen) atoms. The molecule has 3 rings (SSSR count). The predicted octanol–water partition coefficient (Wildman–Crippen LogP) is 1.70. The van der Waals surface area contributed by atoms with Crippen LogP contribution >= 0.6 is 0 Å². The van der Waals surface area contributed by atoms with Crippen LogP contribution in [0.2, 0.25) is 0 Å². The third-order valence-electron chi connectivity index (χ3n) is 3.69. The van der Waals surface area contributed by atoms with E-state index in [1.54, 1.807) is 30.5 Å². The number of benzene rings is 1. The van der Waals surface area contributed by atoms with Gasteiger partial charge in [0, 0.05) is 11.9 Å². The molecule has 0 saturated carbocycles. The molecule has 2 N–H and O–H groups in total. The van der Waals surface area contributed by atoms with Crippen LogP contribution in [0, 0.1) is 0 Å². The van der Waals surface area contributed by atoms with Gasteiger partial charge in [0.1, 0.15) is 12.3 Å². The second-order valence-corrected chi connectivity index (χ2v) is 5.62. The molecule has 1 aliphatic heterocycles. The maximum atomic E-state index is 12.2. The van der Waals surface area contributed by atoms with Gasteiger partial charge in [-0.25, -0.2) is 0 Å². The SMILES string of the molecule is CC1(c2cccc(NC(=O)c3ccccn3)c2)COCC(=O)N1. The lowest BCUT2D eigenvalue weighted by atomic mass is 9.91. The molecule has 6 heteroatoms. The molecule has 118 valence electrons. The topological polar surface area (TPSA) is 80.3 Å². The number of pyridine rings is 1. The minimum atomic E-state index is -0.610. The van der Waals surface area contributed by atoms with E-state index in [2.05, 4.69) is 15.6 Å². The van der Waals surface area contributed by atoms with Gasteiger partial charge < -0.3 is 15.4 Å². The molecule has 1 fully saturated rings. The maximum absolute atomic E-state index is 12.2. The van der Waals surface area contributed by atoms with Crippen LogP contribution in [0.1, 0.15) is 23.0 Å². The van der Waals surface area contributed by atoms with Crippen molar-refractivity contribution in [2.75, 3.05) is 18.5 Å². The summed E-state index contributed by atoms with van der Waals surface area (Å²) in [5.41, 5.74) is 1.24. The van der Waals surface area contributed by atoms with E-state index in [1.165, 1.54) is 0 Å². The summed E-state index contributed by atoms with van der Waals surface area (Å²) in [5.74, 6) is -0.432. The molecule has 2 heterocycles. The second-order valence-electron chi connectivity index (χ2n) is 5.62. The van der Waals surface area contributed by atoms with Crippen molar-refractivity contribution in [3.63, 3.8) is 0 Å². The summed E-state index contributed by atoms with van der Waals surface area (Å²) in [6.07, 6.45) is 1.57. The Balaban J connectivity index is 1.80. The van der Waals surface area contributed by atoms with Gasteiger partial charge in [0.2, 0.25) is 5.91 Å². The molecule has 2 amide bonds. The van der Waals surface area contributed by atoms with Crippen LogP contribution in [0.3, 0.4) is 0 Å². The fourth-order valence-electron chi connectivity index (χ4n) is 2.52. The van der Waals surface area contributed by atoms with Crippen molar-refractivity contribution in [1.82, 2.24) is 10.3 Å². The number of carbonyl (C=O) groups excluding carboxylic acids is 2.